The van der Waals surface area contributed by atoms with E-state index in [2.05, 4.69) is 20.2 Å². The lowest BCUT2D eigenvalue weighted by Gasteiger charge is -2.33. The fourth-order valence-corrected chi connectivity index (χ4v) is 4.72. The number of anilines is 1. The van der Waals surface area contributed by atoms with Crippen LogP contribution in [0.1, 0.15) is 18.4 Å². The molecule has 4 rings (SSSR count). The second kappa shape index (κ2) is 10.1. The zero-order valence-corrected chi connectivity index (χ0v) is 18.4. The Morgan fingerprint density at radius 2 is 2.00 bits per heavy atom. The molecule has 3 aromatic rings. The van der Waals surface area contributed by atoms with Crippen molar-refractivity contribution in [2.45, 2.75) is 29.3 Å². The average Bonchev–Trinajstić information content (AvgIpc) is 2.79. The van der Waals surface area contributed by atoms with Crippen molar-refractivity contribution in [3.63, 3.8) is 0 Å². The quantitative estimate of drug-likeness (QED) is 0.568. The molecule has 0 saturated carbocycles. The van der Waals surface area contributed by atoms with Crippen LogP contribution in [0.5, 0.6) is 0 Å². The van der Waals surface area contributed by atoms with E-state index in [0.29, 0.717) is 17.1 Å². The molecular weight excluding hydrogens is 435 g/mol. The van der Waals surface area contributed by atoms with E-state index in [1.54, 1.807) is 30.2 Å². The van der Waals surface area contributed by atoms with Crippen LogP contribution in [0.3, 0.4) is 0 Å². The van der Waals surface area contributed by atoms with Gasteiger partial charge in [0.15, 0.2) is 5.82 Å². The van der Waals surface area contributed by atoms with E-state index in [9.17, 15) is 9.18 Å². The van der Waals surface area contributed by atoms with Crippen LogP contribution >= 0.6 is 23.4 Å². The van der Waals surface area contributed by atoms with Gasteiger partial charge in [0.1, 0.15) is 10.8 Å². The predicted molar refractivity (Wildman–Crippen MR) is 121 cm³/mol. The van der Waals surface area contributed by atoms with Gasteiger partial charge in [-0.25, -0.2) is 14.4 Å². The molecular formula is C23H22ClFN4OS. The third-order valence-corrected chi connectivity index (χ3v) is 6.51. The highest BCUT2D eigenvalue weighted by Crippen LogP contribution is 2.33. The van der Waals surface area contributed by atoms with Gasteiger partial charge in [-0.2, -0.15) is 0 Å². The molecule has 0 bridgehead atoms. The fourth-order valence-electron chi connectivity index (χ4n) is 3.58. The van der Waals surface area contributed by atoms with Crippen molar-refractivity contribution in [1.29, 1.82) is 0 Å². The minimum atomic E-state index is -0.392. The van der Waals surface area contributed by atoms with Gasteiger partial charge in [0, 0.05) is 41.9 Å². The number of nitrogens with zero attached hydrogens (tertiary/aromatic N) is 3. The van der Waals surface area contributed by atoms with Crippen LogP contribution in [-0.2, 0) is 11.3 Å². The summed E-state index contributed by atoms with van der Waals surface area (Å²) in [4.78, 5) is 25.1. The van der Waals surface area contributed by atoms with Gasteiger partial charge in [0.2, 0.25) is 5.91 Å². The second-order valence-electron chi connectivity index (χ2n) is 7.34. The Hall–Kier alpha value is -2.64. The van der Waals surface area contributed by atoms with Crippen LogP contribution in [0.15, 0.2) is 70.8 Å². The van der Waals surface area contributed by atoms with Crippen molar-refractivity contribution < 1.29 is 9.18 Å². The molecule has 1 amide bonds. The number of aromatic nitrogens is 2. The van der Waals surface area contributed by atoms with E-state index in [0.717, 1.165) is 35.1 Å². The van der Waals surface area contributed by atoms with Crippen LogP contribution in [0.2, 0.25) is 5.02 Å². The van der Waals surface area contributed by atoms with Gasteiger partial charge in [-0.15, -0.1) is 0 Å². The summed E-state index contributed by atoms with van der Waals surface area (Å²) >= 11 is 7.64. The number of halogens is 2. The Balaban J connectivity index is 1.42. The minimum Gasteiger partial charge on any atom is -0.354 e. The van der Waals surface area contributed by atoms with Crippen molar-refractivity contribution in [2.24, 2.45) is 5.92 Å². The van der Waals surface area contributed by atoms with Crippen LogP contribution in [0.25, 0.3) is 0 Å². The average molecular weight is 457 g/mol. The number of piperidine rings is 1. The lowest BCUT2D eigenvalue weighted by atomic mass is 9.97. The van der Waals surface area contributed by atoms with Gasteiger partial charge >= 0.3 is 0 Å². The van der Waals surface area contributed by atoms with Crippen molar-refractivity contribution >= 4 is 35.1 Å². The number of carbonyl (C=O) groups is 1. The Labute approximate surface area is 190 Å². The van der Waals surface area contributed by atoms with E-state index in [1.165, 1.54) is 12.1 Å². The molecule has 160 valence electrons. The first-order valence-corrected chi connectivity index (χ1v) is 11.3. The highest BCUT2D eigenvalue weighted by Gasteiger charge is 2.28. The maximum absolute atomic E-state index is 13.2. The van der Waals surface area contributed by atoms with E-state index in [1.807, 2.05) is 30.3 Å². The number of hydrogen-bond acceptors (Lipinski definition) is 5. The van der Waals surface area contributed by atoms with Gasteiger partial charge in [-0.1, -0.05) is 47.6 Å². The Morgan fingerprint density at radius 1 is 1.19 bits per heavy atom. The van der Waals surface area contributed by atoms with Crippen LogP contribution in [-0.4, -0.2) is 29.0 Å². The highest BCUT2D eigenvalue weighted by molar-refractivity contribution is 7.99. The van der Waals surface area contributed by atoms with Crippen molar-refractivity contribution in [3.05, 3.63) is 77.3 Å². The SMILES string of the molecule is O=C(NCc1ccc(F)cc1Cl)C1CCCN(c2nccnc2Sc2ccccc2)C1. The standard InChI is InChI=1S/C23H22ClFN4OS/c24-20-13-18(25)9-8-16(20)14-28-22(30)17-5-4-12-29(15-17)21-23(27-11-10-26-21)31-19-6-2-1-3-7-19/h1-3,6-11,13,17H,4-5,12,14-15H2,(H,28,30). The number of amides is 1. The summed E-state index contributed by atoms with van der Waals surface area (Å²) in [7, 11) is 0. The van der Waals surface area contributed by atoms with E-state index >= 15 is 0 Å². The fraction of sp³-hybridized carbons (Fsp3) is 0.261. The van der Waals surface area contributed by atoms with Crippen molar-refractivity contribution in [3.8, 4) is 0 Å². The second-order valence-corrected chi connectivity index (χ2v) is 8.81. The molecule has 31 heavy (non-hydrogen) atoms. The predicted octanol–water partition coefficient (Wildman–Crippen LogP) is 4.95. The zero-order valence-electron chi connectivity index (χ0n) is 16.8. The Kier molecular flexibility index (Phi) is 7.04. The molecule has 1 N–H and O–H groups in total. The van der Waals surface area contributed by atoms with Gasteiger partial charge in [-0.05, 0) is 42.7 Å². The first-order chi connectivity index (χ1) is 15.1. The molecule has 2 heterocycles. The molecule has 1 unspecified atom stereocenters. The van der Waals surface area contributed by atoms with E-state index in [-0.39, 0.29) is 18.4 Å². The lowest BCUT2D eigenvalue weighted by molar-refractivity contribution is -0.125. The summed E-state index contributed by atoms with van der Waals surface area (Å²) in [5, 5.41) is 4.08. The van der Waals surface area contributed by atoms with Crippen LogP contribution < -0.4 is 10.2 Å². The zero-order chi connectivity index (χ0) is 21.6. The topological polar surface area (TPSA) is 58.1 Å². The summed E-state index contributed by atoms with van der Waals surface area (Å²) in [5.74, 6) is 0.211. The number of nitrogens with one attached hydrogen (secondary N) is 1. The summed E-state index contributed by atoms with van der Waals surface area (Å²) in [6.07, 6.45) is 5.07. The molecule has 0 radical (unpaired) electrons. The first-order valence-electron chi connectivity index (χ1n) is 10.1. The molecule has 1 saturated heterocycles. The Morgan fingerprint density at radius 3 is 2.81 bits per heavy atom. The molecule has 0 aliphatic carbocycles. The first kappa shape index (κ1) is 21.6. The van der Waals surface area contributed by atoms with Crippen LogP contribution in [0, 0.1) is 11.7 Å². The van der Waals surface area contributed by atoms with E-state index < -0.39 is 5.82 Å². The van der Waals surface area contributed by atoms with Gasteiger partial charge in [0.05, 0.1) is 5.92 Å². The lowest BCUT2D eigenvalue weighted by Crippen LogP contribution is -2.43. The van der Waals surface area contributed by atoms with Crippen molar-refractivity contribution in [2.75, 3.05) is 18.0 Å². The summed E-state index contributed by atoms with van der Waals surface area (Å²) in [5.41, 5.74) is 0.694. The third kappa shape index (κ3) is 5.54. The summed E-state index contributed by atoms with van der Waals surface area (Å²) in [6.45, 7) is 1.67. The molecule has 1 aliphatic rings. The number of hydrogen-bond donors (Lipinski definition) is 1. The number of rotatable bonds is 6. The smallest absolute Gasteiger partial charge is 0.225 e. The molecule has 1 aromatic heterocycles. The largest absolute Gasteiger partial charge is 0.354 e. The highest BCUT2D eigenvalue weighted by atomic mass is 35.5. The molecule has 0 spiro atoms. The molecule has 1 aliphatic heterocycles. The summed E-state index contributed by atoms with van der Waals surface area (Å²) < 4.78 is 13.2. The number of benzene rings is 2. The normalized spacial score (nSPS) is 16.2. The molecule has 2 aromatic carbocycles. The maximum Gasteiger partial charge on any atom is 0.225 e. The minimum absolute atomic E-state index is 0.0359. The number of carbonyl (C=O) groups excluding carboxylic acids is 1. The molecule has 1 fully saturated rings. The van der Waals surface area contributed by atoms with E-state index in [4.69, 9.17) is 11.6 Å². The molecule has 1 atom stereocenters. The molecule has 5 nitrogen and oxygen atoms in total. The van der Waals surface area contributed by atoms with Crippen LogP contribution in [0.4, 0.5) is 10.2 Å². The van der Waals surface area contributed by atoms with Crippen molar-refractivity contribution in [1.82, 2.24) is 15.3 Å². The van der Waals surface area contributed by atoms with Gasteiger partial charge < -0.3 is 10.2 Å². The summed E-state index contributed by atoms with van der Waals surface area (Å²) in [6, 6.07) is 14.2. The molecule has 8 heteroatoms. The van der Waals surface area contributed by atoms with Gasteiger partial charge in [-0.3, -0.25) is 4.79 Å². The maximum atomic E-state index is 13.2. The third-order valence-electron chi connectivity index (χ3n) is 5.16. The monoisotopic (exact) mass is 456 g/mol. The van der Waals surface area contributed by atoms with Gasteiger partial charge in [0.25, 0.3) is 0 Å². The Bertz CT molecular complexity index is 1050.